The molecule has 6 aromatic rings. The molecule has 438 valence electrons. The summed E-state index contributed by atoms with van der Waals surface area (Å²) in [6, 6.07) is 39.9. The maximum atomic E-state index is 11.9. The fourth-order valence-corrected chi connectivity index (χ4v) is 15.4. The molecule has 3 N–H and O–H groups in total. The zero-order valence-electron chi connectivity index (χ0n) is 50.0. The topological polar surface area (TPSA) is 141 Å². The number of rotatable bonds is 15. The summed E-state index contributed by atoms with van der Waals surface area (Å²) in [5, 5.41) is 38.7. The molecule has 0 bridgehead atoms. The third kappa shape index (κ3) is 17.2. The maximum absolute atomic E-state index is 11.9. The quantitative estimate of drug-likeness (QED) is 0.0742. The fraction of sp³-hybridized carbons (Fsp3) is 0.492. The van der Waals surface area contributed by atoms with Crippen LogP contribution < -0.4 is 34.7 Å². The van der Waals surface area contributed by atoms with Crippen LogP contribution in [0.25, 0.3) is 20.9 Å². The van der Waals surface area contributed by atoms with E-state index in [-0.39, 0.29) is 70.3 Å². The van der Waals surface area contributed by atoms with Crippen LogP contribution in [0.3, 0.4) is 0 Å². The minimum atomic E-state index is -1.41. The molecule has 6 heterocycles. The van der Waals surface area contributed by atoms with Gasteiger partial charge < -0.3 is 44.4 Å². The number of hydrogen-bond acceptors (Lipinski definition) is 16. The first kappa shape index (κ1) is 66.6. The van der Waals surface area contributed by atoms with Crippen LogP contribution in [-0.2, 0) is 44.9 Å². The molecular weight excluding hydrogens is 1120 g/mol. The molecule has 10 rings (SSSR count). The number of nitrogens with zero attached hydrogens (tertiary/aromatic N) is 4. The number of aliphatic hydroxyl groups is 3. The van der Waals surface area contributed by atoms with E-state index in [2.05, 4.69) is 171 Å². The Morgan fingerprint density at radius 1 is 0.622 bits per heavy atom. The van der Waals surface area contributed by atoms with Crippen molar-refractivity contribution in [2.24, 2.45) is 5.92 Å². The van der Waals surface area contributed by atoms with E-state index >= 15 is 0 Å². The van der Waals surface area contributed by atoms with Gasteiger partial charge in [-0.3, -0.25) is 14.6 Å². The van der Waals surface area contributed by atoms with Gasteiger partial charge in [0.25, 0.3) is 0 Å². The first-order chi connectivity index (χ1) is 39.0. The van der Waals surface area contributed by atoms with Crippen molar-refractivity contribution < 1.29 is 69.0 Å². The molecule has 4 saturated heterocycles. The van der Waals surface area contributed by atoms with Crippen molar-refractivity contribution in [1.29, 1.82) is 0 Å². The largest absolute Gasteiger partial charge is 1.00 e. The van der Waals surface area contributed by atoms with Gasteiger partial charge in [-0.25, -0.2) is 0 Å². The van der Waals surface area contributed by atoms with Gasteiger partial charge >= 0.3 is 35.5 Å². The molecule has 0 aliphatic carbocycles. The maximum Gasteiger partial charge on any atom is 1.00 e. The summed E-state index contributed by atoms with van der Waals surface area (Å²) in [6.07, 6.45) is 1.10. The van der Waals surface area contributed by atoms with Gasteiger partial charge in [-0.2, -0.15) is 30.6 Å². The number of benzene rings is 4. The second-order valence-electron chi connectivity index (χ2n) is 22.3. The number of aryl methyl sites for hydroxylation is 2. The van der Waals surface area contributed by atoms with E-state index in [1.54, 1.807) is 11.8 Å². The van der Waals surface area contributed by atoms with Crippen molar-refractivity contribution in [3.8, 4) is 20.9 Å². The number of ether oxygens (including phenoxy) is 3. The van der Waals surface area contributed by atoms with Gasteiger partial charge in [0.05, 0.1) is 28.8 Å². The Morgan fingerprint density at radius 3 is 1.51 bits per heavy atom. The molecule has 82 heavy (non-hydrogen) atoms. The number of likely N-dealkylation sites (N-methyl/N-ethyl adjacent to an activating group) is 2. The average Bonchev–Trinajstić information content (AvgIpc) is 4.24. The van der Waals surface area contributed by atoms with E-state index < -0.39 is 24.6 Å². The van der Waals surface area contributed by atoms with Gasteiger partial charge in [-0.1, -0.05) is 79.7 Å². The minimum absolute atomic E-state index is 0. The SMILES string of the molecule is CS[C@H]1C(c2ccc(C)c(Cc3ccc(-c4cccc(CN5CCN(C)CC5)c4)s3)c2)O[C@H](C)[C@@H](C)[C@@H]1OC(C)=O.CS[C@H]1C(c2ccc(C)c(Cc3ccc(-c4cccc(CN5CCN(C)CC5)c4)s3)c2)O[C@H](O)[C@@H](O)[C@@H]1O.C[O-].[Na+]. The van der Waals surface area contributed by atoms with E-state index in [0.29, 0.717) is 0 Å². The van der Waals surface area contributed by atoms with Gasteiger partial charge in [0.15, 0.2) is 6.29 Å². The molecule has 4 aromatic carbocycles. The van der Waals surface area contributed by atoms with Crippen LogP contribution in [0.1, 0.15) is 87.2 Å². The first-order valence-corrected chi connectivity index (χ1v) is 32.6. The molecule has 17 heteroatoms. The van der Waals surface area contributed by atoms with Gasteiger partial charge in [0.2, 0.25) is 0 Å². The molecule has 2 unspecified atom stereocenters. The van der Waals surface area contributed by atoms with Crippen LogP contribution in [0, 0.1) is 19.8 Å². The van der Waals surface area contributed by atoms with E-state index in [1.807, 2.05) is 35.0 Å². The van der Waals surface area contributed by atoms with Crippen LogP contribution in [-0.4, -0.2) is 168 Å². The molecule has 4 aliphatic rings. The van der Waals surface area contributed by atoms with Crippen LogP contribution >= 0.6 is 46.2 Å². The predicted molar refractivity (Wildman–Crippen MR) is 333 cm³/mol. The van der Waals surface area contributed by atoms with Crippen molar-refractivity contribution in [2.45, 2.75) is 114 Å². The zero-order chi connectivity index (χ0) is 57.9. The number of thiophene rings is 2. The molecule has 0 spiro atoms. The Bertz CT molecular complexity index is 2960. The van der Waals surface area contributed by atoms with Crippen molar-refractivity contribution in [2.75, 3.05) is 86.1 Å². The number of carbonyl (C=O) groups excluding carboxylic acids is 1. The number of hydrogen-bond donors (Lipinski definition) is 3. The smallest absolute Gasteiger partial charge is 0.857 e. The molecule has 12 nitrogen and oxygen atoms in total. The van der Waals surface area contributed by atoms with Crippen molar-refractivity contribution >= 4 is 52.2 Å². The zero-order valence-corrected chi connectivity index (χ0v) is 55.2. The number of aliphatic hydroxyl groups excluding tert-OH is 3. The van der Waals surface area contributed by atoms with E-state index in [9.17, 15) is 20.1 Å². The summed E-state index contributed by atoms with van der Waals surface area (Å²) >= 11 is 6.88. The average molecular weight is 1200 g/mol. The number of carbonyl (C=O) groups is 1. The second kappa shape index (κ2) is 31.6. The van der Waals surface area contributed by atoms with E-state index in [4.69, 9.17) is 19.3 Å². The van der Waals surface area contributed by atoms with Gasteiger partial charge in [-0.05, 0) is 139 Å². The molecular formula is C65H85N4NaO8S4. The van der Waals surface area contributed by atoms with Crippen molar-refractivity contribution in [1.82, 2.24) is 19.6 Å². The van der Waals surface area contributed by atoms with E-state index in [0.717, 1.165) is 96.5 Å². The van der Waals surface area contributed by atoms with Crippen molar-refractivity contribution in [3.63, 3.8) is 0 Å². The van der Waals surface area contributed by atoms with Crippen LogP contribution in [0.15, 0.2) is 109 Å². The molecule has 0 amide bonds. The van der Waals surface area contributed by atoms with Gasteiger partial charge in [0.1, 0.15) is 18.3 Å². The Kier molecular flexibility index (Phi) is 25.7. The summed E-state index contributed by atoms with van der Waals surface area (Å²) in [5.74, 6) is -0.0844. The number of thioether (sulfide) groups is 2. The minimum Gasteiger partial charge on any atom is -0.857 e. The second-order valence-corrected chi connectivity index (χ2v) is 26.7. The van der Waals surface area contributed by atoms with Crippen molar-refractivity contribution in [3.05, 3.63) is 163 Å². The Hall–Kier alpha value is -2.95. The molecule has 4 aliphatic heterocycles. The Labute approximate surface area is 526 Å². The Morgan fingerprint density at radius 2 is 1.07 bits per heavy atom. The Balaban J connectivity index is 0.000000227. The molecule has 0 saturated carbocycles. The third-order valence-corrected chi connectivity index (χ3v) is 20.9. The molecule has 10 atom stereocenters. The van der Waals surface area contributed by atoms with Crippen LogP contribution in [0.5, 0.6) is 0 Å². The monoisotopic (exact) mass is 1200 g/mol. The summed E-state index contributed by atoms with van der Waals surface area (Å²) in [5.41, 5.74) is 12.4. The number of esters is 1. The molecule has 4 fully saturated rings. The summed E-state index contributed by atoms with van der Waals surface area (Å²) in [6.45, 7) is 21.1. The van der Waals surface area contributed by atoms with Gasteiger partial charge in [-0.15, -0.1) is 22.7 Å². The van der Waals surface area contributed by atoms with Crippen LogP contribution in [0.2, 0.25) is 0 Å². The van der Waals surface area contributed by atoms with E-state index in [1.165, 1.54) is 82.7 Å². The molecule has 0 radical (unpaired) electrons. The first-order valence-electron chi connectivity index (χ1n) is 28.4. The third-order valence-electron chi connectivity index (χ3n) is 16.5. The van der Waals surface area contributed by atoms with Crippen LogP contribution in [0.4, 0.5) is 0 Å². The summed E-state index contributed by atoms with van der Waals surface area (Å²) in [7, 11) is 5.14. The standard InChI is InChI=1S/C34H44N2O3S2.C30H38N2O4S2.CH3O.Na/c1-22-10-11-28(33-34(40-6)32(39-25(4)37)23(2)24(3)38-33)19-29(22)20-30-12-13-31(41-30)27-9-7-8-26(18-27)21-36-16-14-35(5)15-17-36;1-19-7-8-22(28-29(37-3)26(33)27(34)30(35)36-28)16-23(19)17-24-9-10-25(38-24)21-6-4-5-20(15-21)18-32-13-11-31(2)12-14-32;1-2;/h7-13,18-19,23-24,32-34H,14-17,20-21H2,1-6H3;4-10,15-16,26-30,33-35H,11-14,17-18H2,1-3H3;1H3;/q;;-1;+1/t23-,24-,32+,33?,34-;26-,27-,28?,29+,30-;;/m10../s1. The molecule has 2 aromatic heterocycles. The van der Waals surface area contributed by atoms with Gasteiger partial charge in [0, 0.05) is 111 Å². The fourth-order valence-electron chi connectivity index (χ4n) is 11.4. The summed E-state index contributed by atoms with van der Waals surface area (Å²) in [4.78, 5) is 27.0. The predicted octanol–water partition coefficient (Wildman–Crippen LogP) is 6.71. The summed E-state index contributed by atoms with van der Waals surface area (Å²) < 4.78 is 18.2. The normalized spacial score (nSPS) is 25.5. The number of piperazine rings is 2.